The van der Waals surface area contributed by atoms with E-state index in [1.807, 2.05) is 36.4 Å². The van der Waals surface area contributed by atoms with Gasteiger partial charge in [0.05, 0.1) is 30.7 Å². The van der Waals surface area contributed by atoms with Crippen LogP contribution in [-0.2, 0) is 25.6 Å². The minimum absolute atomic E-state index is 0.113. The molecule has 0 fully saturated rings. The molecule has 0 aliphatic heterocycles. The third-order valence-corrected chi connectivity index (χ3v) is 4.31. The summed E-state index contributed by atoms with van der Waals surface area (Å²) in [6.45, 7) is 3.96. The van der Waals surface area contributed by atoms with Crippen LogP contribution in [0.5, 0.6) is 5.88 Å². The van der Waals surface area contributed by atoms with Crippen molar-refractivity contribution in [1.29, 1.82) is 0 Å². The van der Waals surface area contributed by atoms with Crippen molar-refractivity contribution in [2.24, 2.45) is 0 Å². The number of halogens is 1. The van der Waals surface area contributed by atoms with Crippen molar-refractivity contribution in [2.75, 3.05) is 13.2 Å². The van der Waals surface area contributed by atoms with E-state index in [9.17, 15) is 9.59 Å². The number of esters is 2. The average molecular weight is 417 g/mol. The minimum Gasteiger partial charge on any atom is -0.463 e. The number of hydrogen-bond acceptors (Lipinski definition) is 6. The van der Waals surface area contributed by atoms with E-state index in [0.717, 1.165) is 11.1 Å². The van der Waals surface area contributed by atoms with Crippen molar-refractivity contribution < 1.29 is 23.8 Å². The Morgan fingerprint density at radius 3 is 2.38 bits per heavy atom. The molecule has 1 aromatic heterocycles. The van der Waals surface area contributed by atoms with Crippen LogP contribution >= 0.6 is 11.6 Å². The summed E-state index contributed by atoms with van der Waals surface area (Å²) in [4.78, 5) is 24.5. The highest BCUT2D eigenvalue weighted by molar-refractivity contribution is 6.30. The summed E-state index contributed by atoms with van der Waals surface area (Å²) in [5.41, 5.74) is 1.73. The fraction of sp³-hybridized carbons (Fsp3) is 0.286. The van der Waals surface area contributed by atoms with Gasteiger partial charge in [-0.25, -0.2) is 9.59 Å². The molecular formula is C21H21ClN2O5. The highest BCUT2D eigenvalue weighted by Crippen LogP contribution is 2.27. The molecule has 1 heterocycles. The maximum atomic E-state index is 12.2. The van der Waals surface area contributed by atoms with Gasteiger partial charge < -0.3 is 14.2 Å². The number of carbonyl (C=O) groups excluding carboxylic acids is 2. The maximum absolute atomic E-state index is 12.2. The second-order valence-corrected chi connectivity index (χ2v) is 6.55. The summed E-state index contributed by atoms with van der Waals surface area (Å²) in [6.07, 6.45) is -1.55. The number of para-hydroxylation sites is 1. The van der Waals surface area contributed by atoms with Crippen LogP contribution in [0.15, 0.2) is 48.5 Å². The lowest BCUT2D eigenvalue weighted by atomic mass is 10.2. The summed E-state index contributed by atoms with van der Waals surface area (Å²) in [6, 6.07) is 14.8. The molecule has 2 aromatic carbocycles. The molecular weight excluding hydrogens is 396 g/mol. The van der Waals surface area contributed by atoms with E-state index in [-0.39, 0.29) is 19.1 Å². The van der Waals surface area contributed by atoms with E-state index < -0.39 is 18.0 Å². The average Bonchev–Trinajstić information content (AvgIpc) is 3.04. The predicted molar refractivity (Wildman–Crippen MR) is 108 cm³/mol. The van der Waals surface area contributed by atoms with Gasteiger partial charge in [-0.15, -0.1) is 5.10 Å². The molecule has 0 aliphatic carbocycles. The van der Waals surface area contributed by atoms with Gasteiger partial charge in [0.25, 0.3) is 6.10 Å². The lowest BCUT2D eigenvalue weighted by molar-refractivity contribution is -0.166. The Hall–Kier alpha value is -3.06. The monoisotopic (exact) mass is 416 g/mol. The van der Waals surface area contributed by atoms with Crippen molar-refractivity contribution in [2.45, 2.75) is 26.5 Å². The molecule has 0 atom stereocenters. The fourth-order valence-corrected chi connectivity index (χ4v) is 3.07. The number of hydrogen-bond donors (Lipinski definition) is 0. The van der Waals surface area contributed by atoms with Crippen LogP contribution in [0.2, 0.25) is 5.02 Å². The van der Waals surface area contributed by atoms with Crippen molar-refractivity contribution in [3.63, 3.8) is 0 Å². The van der Waals surface area contributed by atoms with Gasteiger partial charge in [0.15, 0.2) is 0 Å². The molecule has 0 amide bonds. The first-order chi connectivity index (χ1) is 14.0. The number of nitrogens with zero attached hydrogens (tertiary/aromatic N) is 2. The third-order valence-electron chi connectivity index (χ3n) is 4.08. The van der Waals surface area contributed by atoms with Crippen LogP contribution in [0.25, 0.3) is 10.9 Å². The van der Waals surface area contributed by atoms with Crippen molar-refractivity contribution in [3.8, 4) is 5.88 Å². The van der Waals surface area contributed by atoms with Gasteiger partial charge >= 0.3 is 11.9 Å². The highest BCUT2D eigenvalue weighted by Gasteiger charge is 2.33. The van der Waals surface area contributed by atoms with Gasteiger partial charge in [-0.1, -0.05) is 35.9 Å². The molecule has 0 radical (unpaired) electrons. The molecule has 0 bridgehead atoms. The molecule has 8 heteroatoms. The lowest BCUT2D eigenvalue weighted by Crippen LogP contribution is -2.38. The lowest BCUT2D eigenvalue weighted by Gasteiger charge is -2.14. The standard InChI is InChI=1S/C21H21ClN2O5/c1-3-27-20(25)18(21(26)28-4-2)29-19-16-10-5-6-11-17(16)24(23-19)13-14-8-7-9-15(22)12-14/h5-12,18H,3-4,13H2,1-2H3. The van der Waals surface area contributed by atoms with Crippen LogP contribution in [-0.4, -0.2) is 41.0 Å². The first-order valence-electron chi connectivity index (χ1n) is 9.23. The maximum Gasteiger partial charge on any atom is 0.359 e. The first kappa shape index (κ1) is 20.7. The molecule has 3 aromatic rings. The molecule has 0 N–H and O–H groups in total. The minimum atomic E-state index is -1.55. The third kappa shape index (κ3) is 4.86. The number of fused-ring (bicyclic) bond motifs is 1. The quantitative estimate of drug-likeness (QED) is 0.412. The predicted octanol–water partition coefficient (Wildman–Crippen LogP) is 3.61. The largest absolute Gasteiger partial charge is 0.463 e. The summed E-state index contributed by atoms with van der Waals surface area (Å²) < 4.78 is 17.3. The van der Waals surface area contributed by atoms with Crippen LogP contribution in [0, 0.1) is 0 Å². The summed E-state index contributed by atoms with van der Waals surface area (Å²) in [5.74, 6) is -1.49. The Kier molecular flexibility index (Phi) is 6.72. The number of rotatable bonds is 8. The van der Waals surface area contributed by atoms with E-state index in [0.29, 0.717) is 17.0 Å². The van der Waals surface area contributed by atoms with Crippen LogP contribution in [0.1, 0.15) is 19.4 Å². The van der Waals surface area contributed by atoms with Gasteiger partial charge in [-0.2, -0.15) is 0 Å². The number of aromatic nitrogens is 2. The molecule has 7 nitrogen and oxygen atoms in total. The highest BCUT2D eigenvalue weighted by atomic mass is 35.5. The molecule has 0 spiro atoms. The van der Waals surface area contributed by atoms with Crippen molar-refractivity contribution in [1.82, 2.24) is 9.78 Å². The first-order valence-corrected chi connectivity index (χ1v) is 9.61. The molecule has 0 saturated heterocycles. The summed E-state index contributed by atoms with van der Waals surface area (Å²) in [5, 5.41) is 5.76. The zero-order chi connectivity index (χ0) is 20.8. The second-order valence-electron chi connectivity index (χ2n) is 6.11. The zero-order valence-corrected chi connectivity index (χ0v) is 16.9. The van der Waals surface area contributed by atoms with Crippen LogP contribution < -0.4 is 4.74 Å². The van der Waals surface area contributed by atoms with Crippen LogP contribution in [0.3, 0.4) is 0 Å². The number of ether oxygens (including phenoxy) is 3. The summed E-state index contributed by atoms with van der Waals surface area (Å²) in [7, 11) is 0. The molecule has 3 rings (SSSR count). The zero-order valence-electron chi connectivity index (χ0n) is 16.1. The van der Waals surface area contributed by atoms with Gasteiger partial charge in [0.1, 0.15) is 0 Å². The molecule has 29 heavy (non-hydrogen) atoms. The molecule has 0 saturated carbocycles. The molecule has 0 unspecified atom stereocenters. The Bertz CT molecular complexity index is 999. The second kappa shape index (κ2) is 9.43. The Labute approximate surface area is 173 Å². The van der Waals surface area contributed by atoms with Gasteiger partial charge in [0.2, 0.25) is 5.88 Å². The van der Waals surface area contributed by atoms with E-state index in [1.54, 1.807) is 30.7 Å². The topological polar surface area (TPSA) is 79.7 Å². The van der Waals surface area contributed by atoms with Crippen molar-refractivity contribution >= 4 is 34.4 Å². The van der Waals surface area contributed by atoms with Crippen LogP contribution in [0.4, 0.5) is 0 Å². The Morgan fingerprint density at radius 1 is 1.03 bits per heavy atom. The fourth-order valence-electron chi connectivity index (χ4n) is 2.85. The Balaban J connectivity index is 1.96. The number of carbonyl (C=O) groups is 2. The van der Waals surface area contributed by atoms with Gasteiger partial charge in [0, 0.05) is 5.02 Å². The molecule has 0 aliphatic rings. The smallest absolute Gasteiger partial charge is 0.359 e. The van der Waals surface area contributed by atoms with E-state index in [1.165, 1.54) is 0 Å². The number of benzene rings is 2. The van der Waals surface area contributed by atoms with E-state index in [2.05, 4.69) is 5.10 Å². The normalized spacial score (nSPS) is 10.9. The van der Waals surface area contributed by atoms with E-state index in [4.69, 9.17) is 25.8 Å². The van der Waals surface area contributed by atoms with Crippen molar-refractivity contribution in [3.05, 3.63) is 59.1 Å². The van der Waals surface area contributed by atoms with E-state index >= 15 is 0 Å². The van der Waals surface area contributed by atoms with Gasteiger partial charge in [-0.3, -0.25) is 4.68 Å². The molecule has 152 valence electrons. The summed E-state index contributed by atoms with van der Waals surface area (Å²) >= 11 is 6.08. The Morgan fingerprint density at radius 2 is 1.72 bits per heavy atom. The SMILES string of the molecule is CCOC(=O)C(Oc1nn(Cc2cccc(Cl)c2)c2ccccc12)C(=O)OCC. The van der Waals surface area contributed by atoms with Gasteiger partial charge in [-0.05, 0) is 43.7 Å².